The smallest absolute Gasteiger partial charge is 0.421 e. The van der Waals surface area contributed by atoms with Crippen LogP contribution >= 0.6 is 0 Å². The van der Waals surface area contributed by atoms with Crippen LogP contribution in [0.1, 0.15) is 18.4 Å². The SMILES string of the molecule is NC1(c2ccc3ncoc3c2)N=CC(C(F)(F)F)=C(NC2CC2)N1. The number of nitrogens with two attached hydrogens (primary N) is 1. The molecule has 0 amide bonds. The summed E-state index contributed by atoms with van der Waals surface area (Å²) in [5.41, 5.74) is 6.94. The van der Waals surface area contributed by atoms with Gasteiger partial charge in [-0.2, -0.15) is 13.2 Å². The first-order chi connectivity index (χ1) is 11.4. The van der Waals surface area contributed by atoms with Gasteiger partial charge < -0.3 is 15.1 Å². The lowest BCUT2D eigenvalue weighted by Gasteiger charge is -2.34. The first-order valence-corrected chi connectivity index (χ1v) is 7.39. The molecule has 2 aliphatic rings. The van der Waals surface area contributed by atoms with Gasteiger partial charge in [-0.15, -0.1) is 0 Å². The summed E-state index contributed by atoms with van der Waals surface area (Å²) in [6.07, 6.45) is -0.809. The van der Waals surface area contributed by atoms with Gasteiger partial charge in [-0.25, -0.2) is 9.98 Å². The van der Waals surface area contributed by atoms with Crippen LogP contribution in [-0.4, -0.2) is 23.4 Å². The summed E-state index contributed by atoms with van der Waals surface area (Å²) >= 11 is 0. The maximum absolute atomic E-state index is 13.2. The summed E-state index contributed by atoms with van der Waals surface area (Å²) in [6.45, 7) is 0. The molecule has 2 heterocycles. The molecule has 9 heteroatoms. The zero-order valence-corrected chi connectivity index (χ0v) is 12.4. The van der Waals surface area contributed by atoms with Crippen LogP contribution in [0.25, 0.3) is 11.1 Å². The Morgan fingerprint density at radius 1 is 1.33 bits per heavy atom. The van der Waals surface area contributed by atoms with Gasteiger partial charge in [0.15, 0.2) is 12.0 Å². The van der Waals surface area contributed by atoms with Crippen LogP contribution in [0.5, 0.6) is 0 Å². The third kappa shape index (κ3) is 2.60. The van der Waals surface area contributed by atoms with E-state index in [1.54, 1.807) is 18.2 Å². The molecule has 0 bridgehead atoms. The van der Waals surface area contributed by atoms with Crippen molar-refractivity contribution in [2.75, 3.05) is 0 Å². The van der Waals surface area contributed by atoms with Gasteiger partial charge in [-0.1, -0.05) is 6.07 Å². The minimum absolute atomic E-state index is 0.0253. The van der Waals surface area contributed by atoms with E-state index in [4.69, 9.17) is 10.2 Å². The zero-order valence-electron chi connectivity index (χ0n) is 12.4. The fourth-order valence-corrected chi connectivity index (χ4v) is 2.52. The third-order valence-corrected chi connectivity index (χ3v) is 3.98. The lowest BCUT2D eigenvalue weighted by Crippen LogP contribution is -2.54. The van der Waals surface area contributed by atoms with E-state index in [0.717, 1.165) is 19.1 Å². The molecule has 1 atom stereocenters. The van der Waals surface area contributed by atoms with Crippen LogP contribution < -0.4 is 16.4 Å². The van der Waals surface area contributed by atoms with Gasteiger partial charge in [-0.05, 0) is 25.0 Å². The number of fused-ring (bicyclic) bond motifs is 1. The molecular formula is C15H14F3N5O. The molecule has 6 nitrogen and oxygen atoms in total. The van der Waals surface area contributed by atoms with Crippen LogP contribution in [0.3, 0.4) is 0 Å². The fourth-order valence-electron chi connectivity index (χ4n) is 2.52. The number of aromatic nitrogens is 1. The molecule has 4 N–H and O–H groups in total. The second-order valence-electron chi connectivity index (χ2n) is 5.89. The lowest BCUT2D eigenvalue weighted by molar-refractivity contribution is -0.0876. The Labute approximate surface area is 134 Å². The number of alkyl halides is 3. The van der Waals surface area contributed by atoms with Crippen molar-refractivity contribution in [1.29, 1.82) is 0 Å². The minimum atomic E-state index is -4.52. The van der Waals surface area contributed by atoms with E-state index in [1.807, 2.05) is 0 Å². The van der Waals surface area contributed by atoms with E-state index in [1.165, 1.54) is 6.39 Å². The third-order valence-electron chi connectivity index (χ3n) is 3.98. The van der Waals surface area contributed by atoms with Crippen molar-refractivity contribution in [1.82, 2.24) is 15.6 Å². The van der Waals surface area contributed by atoms with Crippen LogP contribution in [0, 0.1) is 0 Å². The highest BCUT2D eigenvalue weighted by atomic mass is 19.4. The molecule has 0 radical (unpaired) electrons. The van der Waals surface area contributed by atoms with E-state index >= 15 is 0 Å². The molecule has 0 spiro atoms. The lowest BCUT2D eigenvalue weighted by atomic mass is 10.1. The van der Waals surface area contributed by atoms with Crippen molar-refractivity contribution in [3.63, 3.8) is 0 Å². The van der Waals surface area contributed by atoms with Crippen molar-refractivity contribution in [2.45, 2.75) is 30.8 Å². The molecule has 0 saturated heterocycles. The number of rotatable bonds is 3. The monoisotopic (exact) mass is 337 g/mol. The molecule has 1 aromatic heterocycles. The quantitative estimate of drug-likeness (QED) is 0.798. The molecule has 126 valence electrons. The highest BCUT2D eigenvalue weighted by Crippen LogP contribution is 2.33. The average Bonchev–Trinajstić information content (AvgIpc) is 3.19. The number of aliphatic imine (C=N–C) groups is 1. The Morgan fingerprint density at radius 3 is 2.83 bits per heavy atom. The van der Waals surface area contributed by atoms with Crippen LogP contribution in [0.4, 0.5) is 13.2 Å². The van der Waals surface area contributed by atoms with Gasteiger partial charge in [0.25, 0.3) is 0 Å². The first-order valence-electron chi connectivity index (χ1n) is 7.39. The fraction of sp³-hybridized carbons (Fsp3) is 0.333. The van der Waals surface area contributed by atoms with Crippen molar-refractivity contribution >= 4 is 17.3 Å². The number of halogens is 3. The van der Waals surface area contributed by atoms with Crippen molar-refractivity contribution in [3.05, 3.63) is 41.6 Å². The van der Waals surface area contributed by atoms with Gasteiger partial charge in [0.05, 0.1) is 0 Å². The second kappa shape index (κ2) is 4.97. The number of nitrogens with zero attached hydrogens (tertiary/aromatic N) is 2. The summed E-state index contributed by atoms with van der Waals surface area (Å²) in [7, 11) is 0. The van der Waals surface area contributed by atoms with Crippen LogP contribution in [0.15, 0.2) is 45.4 Å². The Balaban J connectivity index is 1.71. The predicted molar refractivity (Wildman–Crippen MR) is 80.7 cm³/mol. The Bertz CT molecular complexity index is 852. The number of oxazole rings is 1. The molecule has 1 unspecified atom stereocenters. The second-order valence-corrected chi connectivity index (χ2v) is 5.89. The van der Waals surface area contributed by atoms with E-state index in [-0.39, 0.29) is 11.9 Å². The zero-order chi connectivity index (χ0) is 16.9. The van der Waals surface area contributed by atoms with E-state index < -0.39 is 17.5 Å². The summed E-state index contributed by atoms with van der Waals surface area (Å²) in [4.78, 5) is 7.91. The Kier molecular flexibility index (Phi) is 3.11. The highest BCUT2D eigenvalue weighted by molar-refractivity contribution is 5.83. The van der Waals surface area contributed by atoms with Crippen molar-refractivity contribution in [2.24, 2.45) is 10.7 Å². The molecular weight excluding hydrogens is 323 g/mol. The molecule has 1 saturated carbocycles. The number of allylic oxidation sites excluding steroid dienone is 1. The van der Waals surface area contributed by atoms with Gasteiger partial charge in [0.2, 0.25) is 5.79 Å². The van der Waals surface area contributed by atoms with E-state index in [9.17, 15) is 13.2 Å². The van der Waals surface area contributed by atoms with Gasteiger partial charge in [0, 0.05) is 17.8 Å². The maximum atomic E-state index is 13.2. The summed E-state index contributed by atoms with van der Waals surface area (Å²) < 4.78 is 44.8. The normalized spacial score (nSPS) is 24.3. The summed E-state index contributed by atoms with van der Waals surface area (Å²) in [5.74, 6) is -1.67. The molecule has 1 aliphatic carbocycles. The standard InChI is InChI=1S/C15H14F3N5O/c16-14(17,18)10-6-21-15(19,23-13(10)22-9-2-3-9)8-1-4-11-12(5-8)24-7-20-11/h1,4-7,9,22-23H,2-3,19H2. The van der Waals surface area contributed by atoms with Crippen LogP contribution in [0.2, 0.25) is 0 Å². The van der Waals surface area contributed by atoms with E-state index in [0.29, 0.717) is 16.7 Å². The van der Waals surface area contributed by atoms with Crippen molar-refractivity contribution < 1.29 is 17.6 Å². The number of benzene rings is 1. The number of hydrogen-bond acceptors (Lipinski definition) is 6. The highest BCUT2D eigenvalue weighted by Gasteiger charge is 2.42. The maximum Gasteiger partial charge on any atom is 0.421 e. The average molecular weight is 337 g/mol. The molecule has 1 aliphatic heterocycles. The molecule has 24 heavy (non-hydrogen) atoms. The predicted octanol–water partition coefficient (Wildman–Crippen LogP) is 2.10. The van der Waals surface area contributed by atoms with Crippen LogP contribution in [-0.2, 0) is 5.79 Å². The van der Waals surface area contributed by atoms with Gasteiger partial charge in [-0.3, -0.25) is 5.73 Å². The molecule has 4 rings (SSSR count). The summed E-state index contributed by atoms with van der Waals surface area (Å²) in [5, 5.41) is 5.55. The first kappa shape index (κ1) is 15.0. The molecule has 1 aromatic carbocycles. The Hall–Kier alpha value is -2.55. The van der Waals surface area contributed by atoms with E-state index in [2.05, 4.69) is 20.6 Å². The molecule has 1 fully saturated rings. The minimum Gasteiger partial charge on any atom is -0.443 e. The number of hydrogen-bond donors (Lipinski definition) is 3. The summed E-state index contributed by atoms with van der Waals surface area (Å²) in [6, 6.07) is 4.97. The van der Waals surface area contributed by atoms with Crippen molar-refractivity contribution in [3.8, 4) is 0 Å². The largest absolute Gasteiger partial charge is 0.443 e. The van der Waals surface area contributed by atoms with Gasteiger partial charge in [0.1, 0.15) is 16.9 Å². The number of nitrogens with one attached hydrogen (secondary N) is 2. The van der Waals surface area contributed by atoms with Gasteiger partial charge >= 0.3 is 6.18 Å². The topological polar surface area (TPSA) is 88.5 Å². The Morgan fingerprint density at radius 2 is 2.12 bits per heavy atom. The molecule has 2 aromatic rings.